The Bertz CT molecular complexity index is 996. The zero-order chi connectivity index (χ0) is 19.4. The molecule has 0 spiro atoms. The number of ketones is 1. The lowest BCUT2D eigenvalue weighted by Gasteiger charge is -2.08. The molecule has 2 aromatic heterocycles. The number of fused-ring (bicyclic) bond motifs is 1. The van der Waals surface area contributed by atoms with Crippen LogP contribution < -0.4 is 15.2 Å². The molecule has 0 saturated heterocycles. The van der Waals surface area contributed by atoms with E-state index in [-0.39, 0.29) is 18.2 Å². The number of imidazole rings is 1. The van der Waals surface area contributed by atoms with Crippen LogP contribution in [0, 0.1) is 0 Å². The minimum Gasteiger partial charge on any atom is -0.495 e. The molecule has 2 heterocycles. The number of rotatable bonds is 7. The number of benzene rings is 1. The minimum absolute atomic E-state index is 0.185. The van der Waals surface area contributed by atoms with Gasteiger partial charge in [0.15, 0.2) is 12.4 Å². The Kier molecular flexibility index (Phi) is 5.25. The molecule has 0 fully saturated rings. The largest absolute Gasteiger partial charge is 0.495 e. The van der Waals surface area contributed by atoms with Crippen molar-refractivity contribution in [2.75, 3.05) is 26.1 Å². The third kappa shape index (κ3) is 3.84. The average molecular weight is 369 g/mol. The standard InChI is InChI=1S/C19H19N3O5/c1-3-26-17(23)11-27-14-6-7-22-13(9-14)10-21-19(22)18(24)12-4-5-15(20)16(8-12)25-2/h4-10H,3,11,20H2,1-2H3. The third-order valence-corrected chi connectivity index (χ3v) is 3.86. The summed E-state index contributed by atoms with van der Waals surface area (Å²) in [5.74, 6) is 0.432. The lowest BCUT2D eigenvalue weighted by Crippen LogP contribution is -2.14. The molecule has 8 heteroatoms. The van der Waals surface area contributed by atoms with E-state index in [1.807, 2.05) is 0 Å². The van der Waals surface area contributed by atoms with Gasteiger partial charge in [-0.25, -0.2) is 9.78 Å². The number of nitrogens with zero attached hydrogens (tertiary/aromatic N) is 2. The number of carbonyl (C=O) groups is 2. The van der Waals surface area contributed by atoms with Gasteiger partial charge < -0.3 is 19.9 Å². The molecule has 0 aliphatic heterocycles. The van der Waals surface area contributed by atoms with Gasteiger partial charge in [-0.15, -0.1) is 0 Å². The Hall–Kier alpha value is -3.55. The molecule has 2 N–H and O–H groups in total. The van der Waals surface area contributed by atoms with Gasteiger partial charge in [-0.05, 0) is 31.2 Å². The SMILES string of the molecule is CCOC(=O)COc1ccn2c(C(=O)c3ccc(N)c(OC)c3)ncc2c1. The van der Waals surface area contributed by atoms with Crippen molar-refractivity contribution in [1.29, 1.82) is 0 Å². The van der Waals surface area contributed by atoms with Gasteiger partial charge in [-0.3, -0.25) is 9.20 Å². The predicted molar refractivity (Wildman–Crippen MR) is 98.2 cm³/mol. The second-order valence-electron chi connectivity index (χ2n) is 5.62. The van der Waals surface area contributed by atoms with E-state index >= 15 is 0 Å². The lowest BCUT2D eigenvalue weighted by atomic mass is 10.1. The Labute approximate surface area is 155 Å². The van der Waals surface area contributed by atoms with Crippen molar-refractivity contribution >= 4 is 23.0 Å². The molecule has 0 aliphatic rings. The maximum Gasteiger partial charge on any atom is 0.344 e. The van der Waals surface area contributed by atoms with Crippen LogP contribution in [0.1, 0.15) is 23.1 Å². The van der Waals surface area contributed by atoms with Gasteiger partial charge in [0.2, 0.25) is 5.78 Å². The Morgan fingerprint density at radius 2 is 2.04 bits per heavy atom. The Morgan fingerprint density at radius 3 is 2.78 bits per heavy atom. The minimum atomic E-state index is -0.445. The fourth-order valence-corrected chi connectivity index (χ4v) is 2.56. The summed E-state index contributed by atoms with van der Waals surface area (Å²) in [5.41, 5.74) is 7.31. The van der Waals surface area contributed by atoms with Crippen LogP contribution in [0.2, 0.25) is 0 Å². The van der Waals surface area contributed by atoms with Gasteiger partial charge in [0.05, 0.1) is 31.1 Å². The van der Waals surface area contributed by atoms with E-state index in [0.29, 0.717) is 34.9 Å². The molecule has 3 rings (SSSR count). The van der Waals surface area contributed by atoms with Crippen molar-refractivity contribution in [3.8, 4) is 11.5 Å². The van der Waals surface area contributed by atoms with Crippen LogP contribution in [0.3, 0.4) is 0 Å². The Morgan fingerprint density at radius 1 is 1.22 bits per heavy atom. The third-order valence-electron chi connectivity index (χ3n) is 3.86. The van der Waals surface area contributed by atoms with E-state index in [4.69, 9.17) is 19.9 Å². The van der Waals surface area contributed by atoms with Crippen LogP contribution >= 0.6 is 0 Å². The van der Waals surface area contributed by atoms with Crippen molar-refractivity contribution in [1.82, 2.24) is 9.38 Å². The van der Waals surface area contributed by atoms with E-state index in [1.165, 1.54) is 7.11 Å². The summed E-state index contributed by atoms with van der Waals surface area (Å²) in [6.45, 7) is 1.84. The molecule has 0 atom stereocenters. The van der Waals surface area contributed by atoms with Crippen molar-refractivity contribution in [3.05, 3.63) is 54.1 Å². The number of esters is 1. The molecule has 1 aromatic carbocycles. The highest BCUT2D eigenvalue weighted by atomic mass is 16.6. The first-order chi connectivity index (χ1) is 13.0. The van der Waals surface area contributed by atoms with E-state index in [9.17, 15) is 9.59 Å². The zero-order valence-corrected chi connectivity index (χ0v) is 15.0. The van der Waals surface area contributed by atoms with Crippen molar-refractivity contribution in [3.63, 3.8) is 0 Å². The molecule has 27 heavy (non-hydrogen) atoms. The van der Waals surface area contributed by atoms with E-state index < -0.39 is 5.97 Å². The molecule has 0 radical (unpaired) electrons. The summed E-state index contributed by atoms with van der Waals surface area (Å²) in [6.07, 6.45) is 3.21. The predicted octanol–water partition coefficient (Wildman–Crippen LogP) is 2.10. The quantitative estimate of drug-likeness (QED) is 0.386. The number of hydrogen-bond acceptors (Lipinski definition) is 7. The van der Waals surface area contributed by atoms with Crippen molar-refractivity contribution in [2.24, 2.45) is 0 Å². The number of anilines is 1. The second-order valence-corrected chi connectivity index (χ2v) is 5.62. The normalized spacial score (nSPS) is 10.6. The maximum absolute atomic E-state index is 12.8. The second kappa shape index (κ2) is 7.77. The maximum atomic E-state index is 12.8. The summed E-state index contributed by atoms with van der Waals surface area (Å²) < 4.78 is 17.0. The first kappa shape index (κ1) is 18.2. The molecule has 0 saturated carbocycles. The molecule has 140 valence electrons. The van der Waals surface area contributed by atoms with Crippen LogP contribution in [0.25, 0.3) is 5.52 Å². The Balaban J connectivity index is 1.84. The van der Waals surface area contributed by atoms with E-state index in [1.54, 1.807) is 54.0 Å². The number of methoxy groups -OCH3 is 1. The van der Waals surface area contributed by atoms with Crippen LogP contribution in [-0.2, 0) is 9.53 Å². The fourth-order valence-electron chi connectivity index (χ4n) is 2.56. The topological polar surface area (TPSA) is 105 Å². The number of ether oxygens (including phenoxy) is 3. The molecule has 0 aliphatic carbocycles. The van der Waals surface area contributed by atoms with E-state index in [0.717, 1.165) is 0 Å². The number of aromatic nitrogens is 2. The van der Waals surface area contributed by atoms with Crippen molar-refractivity contribution in [2.45, 2.75) is 6.92 Å². The number of nitrogen functional groups attached to an aromatic ring is 1. The smallest absolute Gasteiger partial charge is 0.344 e. The van der Waals surface area contributed by atoms with Crippen LogP contribution in [0.15, 0.2) is 42.7 Å². The number of hydrogen-bond donors (Lipinski definition) is 1. The molecule has 0 unspecified atom stereocenters. The summed E-state index contributed by atoms with van der Waals surface area (Å²) in [5, 5.41) is 0. The highest BCUT2D eigenvalue weighted by Gasteiger charge is 2.17. The monoisotopic (exact) mass is 369 g/mol. The van der Waals surface area contributed by atoms with Crippen LogP contribution in [0.5, 0.6) is 11.5 Å². The highest BCUT2D eigenvalue weighted by Crippen LogP contribution is 2.24. The summed E-state index contributed by atoms with van der Waals surface area (Å²) in [7, 11) is 1.49. The summed E-state index contributed by atoms with van der Waals surface area (Å²) >= 11 is 0. The molecule has 3 aromatic rings. The van der Waals surface area contributed by atoms with Gasteiger partial charge in [0.25, 0.3) is 0 Å². The van der Waals surface area contributed by atoms with Gasteiger partial charge >= 0.3 is 5.97 Å². The fraction of sp³-hybridized carbons (Fsp3) is 0.211. The van der Waals surface area contributed by atoms with Gasteiger partial charge in [-0.1, -0.05) is 0 Å². The summed E-state index contributed by atoms with van der Waals surface area (Å²) in [6, 6.07) is 8.15. The van der Waals surface area contributed by atoms with Crippen LogP contribution in [-0.4, -0.2) is 41.5 Å². The zero-order valence-electron chi connectivity index (χ0n) is 15.0. The first-order valence-corrected chi connectivity index (χ1v) is 8.27. The lowest BCUT2D eigenvalue weighted by molar-refractivity contribution is -0.145. The number of carbonyl (C=O) groups excluding carboxylic acids is 2. The first-order valence-electron chi connectivity index (χ1n) is 8.27. The summed E-state index contributed by atoms with van der Waals surface area (Å²) in [4.78, 5) is 28.4. The van der Waals surface area contributed by atoms with Gasteiger partial charge in [0, 0.05) is 17.8 Å². The average Bonchev–Trinajstić information content (AvgIpc) is 3.09. The molecular weight excluding hydrogens is 350 g/mol. The molecular formula is C19H19N3O5. The highest BCUT2D eigenvalue weighted by molar-refractivity contribution is 6.07. The number of pyridine rings is 1. The van der Waals surface area contributed by atoms with Gasteiger partial charge in [0.1, 0.15) is 11.5 Å². The molecule has 8 nitrogen and oxygen atoms in total. The van der Waals surface area contributed by atoms with E-state index in [2.05, 4.69) is 4.98 Å². The number of nitrogens with two attached hydrogens (primary N) is 1. The molecule has 0 amide bonds. The van der Waals surface area contributed by atoms with Crippen molar-refractivity contribution < 1.29 is 23.8 Å². The van der Waals surface area contributed by atoms with Crippen LogP contribution in [0.4, 0.5) is 5.69 Å². The molecule has 0 bridgehead atoms. The van der Waals surface area contributed by atoms with Gasteiger partial charge in [-0.2, -0.15) is 0 Å².